The number of halogens is 1. The van der Waals surface area contributed by atoms with Gasteiger partial charge in [-0.25, -0.2) is 5.43 Å². The third-order valence-electron chi connectivity index (χ3n) is 3.39. The quantitative estimate of drug-likeness (QED) is 0.484. The van der Waals surface area contributed by atoms with Crippen LogP contribution in [0.1, 0.15) is 38.8 Å². The highest BCUT2D eigenvalue weighted by Gasteiger charge is 2.08. The summed E-state index contributed by atoms with van der Waals surface area (Å²) in [5.41, 5.74) is 4.24. The monoisotopic (exact) mass is 432 g/mol. The maximum absolute atomic E-state index is 12.0. The molecule has 0 fully saturated rings. The van der Waals surface area contributed by atoms with Gasteiger partial charge in [0.1, 0.15) is 11.5 Å². The highest BCUT2D eigenvalue weighted by Crippen LogP contribution is 2.25. The molecule has 2 aromatic rings. The average Bonchev–Trinajstić information content (AvgIpc) is 2.58. The van der Waals surface area contributed by atoms with Crippen LogP contribution in [0.2, 0.25) is 0 Å². The molecule has 6 heteroatoms. The van der Waals surface area contributed by atoms with Crippen molar-refractivity contribution in [1.82, 2.24) is 5.43 Å². The molecule has 0 saturated carbocycles. The summed E-state index contributed by atoms with van der Waals surface area (Å²) in [5, 5.41) is 4.06. The number of amides is 1. The second-order valence-electron chi connectivity index (χ2n) is 6.63. The van der Waals surface area contributed by atoms with Gasteiger partial charge in [0.25, 0.3) is 0 Å². The summed E-state index contributed by atoms with van der Waals surface area (Å²) in [7, 11) is 0. The number of ether oxygens (including phenoxy) is 2. The molecule has 0 atom stereocenters. The second-order valence-corrected chi connectivity index (χ2v) is 7.54. The number of benzene rings is 2. The van der Waals surface area contributed by atoms with E-state index < -0.39 is 0 Å². The van der Waals surface area contributed by atoms with Crippen LogP contribution in [0.3, 0.4) is 0 Å². The van der Waals surface area contributed by atoms with E-state index in [1.165, 1.54) is 0 Å². The van der Waals surface area contributed by atoms with E-state index in [0.29, 0.717) is 5.75 Å². The summed E-state index contributed by atoms with van der Waals surface area (Å²) in [6.45, 7) is 7.85. The molecule has 0 radical (unpaired) electrons. The fourth-order valence-electron chi connectivity index (χ4n) is 2.32. The first-order valence-electron chi connectivity index (χ1n) is 8.87. The lowest BCUT2D eigenvalue weighted by molar-refractivity contribution is -0.120. The van der Waals surface area contributed by atoms with E-state index in [9.17, 15) is 4.79 Å². The van der Waals surface area contributed by atoms with Crippen molar-refractivity contribution in [2.24, 2.45) is 5.10 Å². The Bertz CT molecular complexity index is 787. The Morgan fingerprint density at radius 2 is 1.74 bits per heavy atom. The van der Waals surface area contributed by atoms with Gasteiger partial charge >= 0.3 is 0 Å². The molecule has 0 aliphatic rings. The summed E-state index contributed by atoms with van der Waals surface area (Å²) in [6, 6.07) is 13.2. The number of nitrogens with one attached hydrogen (secondary N) is 1. The third kappa shape index (κ3) is 7.43. The summed E-state index contributed by atoms with van der Waals surface area (Å²) in [4.78, 5) is 12.0. The van der Waals surface area contributed by atoms with Crippen LogP contribution in [0.5, 0.6) is 11.5 Å². The van der Waals surface area contributed by atoms with Crippen molar-refractivity contribution < 1.29 is 14.3 Å². The molecular weight excluding hydrogens is 408 g/mol. The molecule has 0 unspecified atom stereocenters. The van der Waals surface area contributed by atoms with E-state index in [1.807, 2.05) is 70.2 Å². The van der Waals surface area contributed by atoms with Crippen LogP contribution in [0.25, 0.3) is 0 Å². The summed E-state index contributed by atoms with van der Waals surface area (Å²) >= 11 is 3.38. The first-order chi connectivity index (χ1) is 12.8. The molecule has 2 aromatic carbocycles. The van der Waals surface area contributed by atoms with Crippen molar-refractivity contribution in [3.63, 3.8) is 0 Å². The number of hydrogen-bond acceptors (Lipinski definition) is 4. The largest absolute Gasteiger partial charge is 0.491 e. The van der Waals surface area contributed by atoms with Crippen LogP contribution in [-0.2, 0) is 11.2 Å². The van der Waals surface area contributed by atoms with Crippen LogP contribution in [0.4, 0.5) is 0 Å². The zero-order chi connectivity index (χ0) is 19.8. The summed E-state index contributed by atoms with van der Waals surface area (Å²) in [6.07, 6.45) is 1.94. The Hall–Kier alpha value is -2.34. The van der Waals surface area contributed by atoms with E-state index >= 15 is 0 Å². The van der Waals surface area contributed by atoms with Gasteiger partial charge in [0.2, 0.25) is 5.91 Å². The van der Waals surface area contributed by atoms with E-state index in [1.54, 1.807) is 6.21 Å². The third-order valence-corrected chi connectivity index (χ3v) is 3.92. The molecule has 0 aromatic heterocycles. The zero-order valence-electron chi connectivity index (χ0n) is 16.0. The molecule has 0 heterocycles. The van der Waals surface area contributed by atoms with Gasteiger partial charge in [-0.15, -0.1) is 0 Å². The molecule has 0 spiro atoms. The normalized spacial score (nSPS) is 11.2. The van der Waals surface area contributed by atoms with Crippen molar-refractivity contribution in [3.05, 3.63) is 58.1 Å². The Labute approximate surface area is 168 Å². The van der Waals surface area contributed by atoms with Crippen LogP contribution >= 0.6 is 15.9 Å². The number of rotatable bonds is 8. The minimum absolute atomic E-state index is 0.0124. The number of hydrazone groups is 1. The Morgan fingerprint density at radius 1 is 1.07 bits per heavy atom. The molecular formula is C21H25BrN2O3. The fourth-order valence-corrected chi connectivity index (χ4v) is 2.59. The average molecular weight is 433 g/mol. The molecule has 0 aliphatic heterocycles. The molecule has 5 nitrogen and oxygen atoms in total. The van der Waals surface area contributed by atoms with Crippen LogP contribution in [0.15, 0.2) is 52.0 Å². The van der Waals surface area contributed by atoms with E-state index in [4.69, 9.17) is 9.47 Å². The molecule has 2 rings (SSSR count). The van der Waals surface area contributed by atoms with Gasteiger partial charge in [-0.05, 0) is 57.5 Å². The number of carbonyl (C=O) groups is 1. The predicted octanol–water partition coefficient (Wildman–Crippen LogP) is 4.72. The molecule has 27 heavy (non-hydrogen) atoms. The SMILES string of the molecule is CC(C)Oc1ccc(/C=N\NC(=O)Cc2ccc(Br)cc2)c(OC(C)C)c1. The predicted molar refractivity (Wildman–Crippen MR) is 112 cm³/mol. The fraction of sp³-hybridized carbons (Fsp3) is 0.333. The van der Waals surface area contributed by atoms with Gasteiger partial charge in [-0.2, -0.15) is 5.10 Å². The topological polar surface area (TPSA) is 59.9 Å². The van der Waals surface area contributed by atoms with Gasteiger partial charge in [0.05, 0.1) is 24.8 Å². The Kier molecular flexibility index (Phi) is 7.85. The standard InChI is InChI=1S/C21H25BrN2O3/c1-14(2)26-19-10-7-17(20(12-19)27-15(3)4)13-23-24-21(25)11-16-5-8-18(22)9-6-16/h5-10,12-15H,11H2,1-4H3,(H,24,25)/b23-13-. The molecule has 0 aliphatic carbocycles. The van der Waals surface area contributed by atoms with Gasteiger partial charge in [0, 0.05) is 16.1 Å². The molecule has 1 N–H and O–H groups in total. The minimum atomic E-state index is -0.181. The lowest BCUT2D eigenvalue weighted by Crippen LogP contribution is -2.19. The number of carbonyl (C=O) groups excluding carboxylic acids is 1. The van der Waals surface area contributed by atoms with Gasteiger partial charge in [-0.3, -0.25) is 4.79 Å². The molecule has 144 valence electrons. The number of hydrogen-bond donors (Lipinski definition) is 1. The van der Waals surface area contributed by atoms with Gasteiger partial charge < -0.3 is 9.47 Å². The lowest BCUT2D eigenvalue weighted by atomic mass is 10.1. The van der Waals surface area contributed by atoms with Gasteiger partial charge in [0.15, 0.2) is 0 Å². The Morgan fingerprint density at radius 3 is 2.37 bits per heavy atom. The highest BCUT2D eigenvalue weighted by atomic mass is 79.9. The minimum Gasteiger partial charge on any atom is -0.491 e. The van der Waals surface area contributed by atoms with Crippen LogP contribution < -0.4 is 14.9 Å². The van der Waals surface area contributed by atoms with Crippen molar-refractivity contribution in [2.75, 3.05) is 0 Å². The van der Waals surface area contributed by atoms with Crippen molar-refractivity contribution in [1.29, 1.82) is 0 Å². The number of nitrogens with zero attached hydrogens (tertiary/aromatic N) is 1. The smallest absolute Gasteiger partial charge is 0.244 e. The summed E-state index contributed by atoms with van der Waals surface area (Å²) < 4.78 is 12.5. The summed E-state index contributed by atoms with van der Waals surface area (Å²) in [5.74, 6) is 1.21. The molecule has 1 amide bonds. The molecule has 0 saturated heterocycles. The van der Waals surface area contributed by atoms with E-state index in [2.05, 4.69) is 26.5 Å². The van der Waals surface area contributed by atoms with Crippen molar-refractivity contribution in [2.45, 2.75) is 46.3 Å². The Balaban J connectivity index is 2.03. The first-order valence-corrected chi connectivity index (χ1v) is 9.66. The highest BCUT2D eigenvalue weighted by molar-refractivity contribution is 9.10. The lowest BCUT2D eigenvalue weighted by Gasteiger charge is -2.15. The van der Waals surface area contributed by atoms with Crippen molar-refractivity contribution in [3.8, 4) is 11.5 Å². The second kappa shape index (κ2) is 10.1. The van der Waals surface area contributed by atoms with Crippen LogP contribution in [0, 0.1) is 0 Å². The van der Waals surface area contributed by atoms with Crippen molar-refractivity contribution >= 4 is 28.1 Å². The van der Waals surface area contributed by atoms with Crippen LogP contribution in [-0.4, -0.2) is 24.3 Å². The van der Waals surface area contributed by atoms with E-state index in [0.717, 1.165) is 21.3 Å². The first kappa shape index (κ1) is 21.0. The maximum atomic E-state index is 12.0. The maximum Gasteiger partial charge on any atom is 0.244 e. The van der Waals surface area contributed by atoms with Gasteiger partial charge in [-0.1, -0.05) is 28.1 Å². The molecule has 0 bridgehead atoms. The van der Waals surface area contributed by atoms with E-state index in [-0.39, 0.29) is 24.5 Å². The zero-order valence-corrected chi connectivity index (χ0v) is 17.6.